The van der Waals surface area contributed by atoms with Crippen molar-refractivity contribution in [1.29, 1.82) is 0 Å². The van der Waals surface area contributed by atoms with E-state index in [1.54, 1.807) is 18.2 Å². The number of carbonyl (C=O) groups excluding carboxylic acids is 1. The van der Waals surface area contributed by atoms with Gasteiger partial charge in [0.1, 0.15) is 5.52 Å². The molecule has 0 aliphatic rings. The topological polar surface area (TPSA) is 55.1 Å². The molecule has 1 heterocycles. The van der Waals surface area contributed by atoms with Gasteiger partial charge in [-0.15, -0.1) is 0 Å². The molecule has 0 radical (unpaired) electrons. The van der Waals surface area contributed by atoms with Crippen molar-refractivity contribution in [1.82, 2.24) is 4.98 Å². The minimum Gasteiger partial charge on any atom is -0.443 e. The molecule has 0 saturated carbocycles. The van der Waals surface area contributed by atoms with Gasteiger partial charge in [0.2, 0.25) is 0 Å². The average Bonchev–Trinajstić information content (AvgIpc) is 2.90. The summed E-state index contributed by atoms with van der Waals surface area (Å²) < 4.78 is 6.11. The highest BCUT2D eigenvalue weighted by atomic mass is 79.9. The van der Waals surface area contributed by atoms with Gasteiger partial charge in [0, 0.05) is 15.7 Å². The first-order chi connectivity index (χ1) is 9.63. The predicted octanol–water partition coefficient (Wildman–Crippen LogP) is 4.15. The summed E-state index contributed by atoms with van der Waals surface area (Å²) in [5, 5.41) is 2.86. The van der Waals surface area contributed by atoms with Crippen LogP contribution in [0.4, 0.5) is 5.69 Å². The summed E-state index contributed by atoms with van der Waals surface area (Å²) in [6, 6.07) is 10.8. The molecule has 4 nitrogen and oxygen atoms in total. The zero-order valence-corrected chi connectivity index (χ0v) is 12.3. The van der Waals surface area contributed by atoms with Crippen molar-refractivity contribution in [2.75, 3.05) is 5.32 Å². The summed E-state index contributed by atoms with van der Waals surface area (Å²) in [6.07, 6.45) is 1.36. The molecule has 0 fully saturated rings. The predicted molar refractivity (Wildman–Crippen MR) is 80.8 cm³/mol. The molecule has 5 heteroatoms. The minimum atomic E-state index is -0.175. The number of rotatable bonds is 2. The van der Waals surface area contributed by atoms with Crippen LogP contribution in [0.5, 0.6) is 0 Å². The molecule has 0 atom stereocenters. The summed E-state index contributed by atoms with van der Waals surface area (Å²) in [5.41, 5.74) is 3.74. The van der Waals surface area contributed by atoms with Crippen LogP contribution in [0.3, 0.4) is 0 Å². The summed E-state index contributed by atoms with van der Waals surface area (Å²) in [7, 11) is 0. The van der Waals surface area contributed by atoms with Crippen LogP contribution in [-0.2, 0) is 0 Å². The van der Waals surface area contributed by atoms with Gasteiger partial charge in [0.15, 0.2) is 12.0 Å². The normalized spacial score (nSPS) is 10.7. The smallest absolute Gasteiger partial charge is 0.255 e. The quantitative estimate of drug-likeness (QED) is 0.767. The molecule has 0 aliphatic carbocycles. The molecule has 3 aromatic rings. The van der Waals surface area contributed by atoms with Gasteiger partial charge in [-0.1, -0.05) is 22.0 Å². The highest BCUT2D eigenvalue weighted by Crippen LogP contribution is 2.21. The van der Waals surface area contributed by atoms with Crippen LogP contribution in [0.25, 0.3) is 11.1 Å². The van der Waals surface area contributed by atoms with E-state index in [1.165, 1.54) is 6.39 Å². The Kier molecular flexibility index (Phi) is 3.28. The highest BCUT2D eigenvalue weighted by Gasteiger charge is 2.09. The van der Waals surface area contributed by atoms with E-state index in [4.69, 9.17) is 4.42 Å². The summed E-state index contributed by atoms with van der Waals surface area (Å²) in [5.74, 6) is -0.175. The van der Waals surface area contributed by atoms with Gasteiger partial charge in [0.25, 0.3) is 5.91 Å². The first-order valence-corrected chi connectivity index (χ1v) is 6.83. The third kappa shape index (κ3) is 2.44. The van der Waals surface area contributed by atoms with Crippen LogP contribution < -0.4 is 5.32 Å². The number of aromatic nitrogens is 1. The fourth-order valence-electron chi connectivity index (χ4n) is 1.87. The maximum absolute atomic E-state index is 12.2. The molecule has 0 spiro atoms. The van der Waals surface area contributed by atoms with E-state index in [-0.39, 0.29) is 5.91 Å². The Morgan fingerprint density at radius 3 is 2.90 bits per heavy atom. The first-order valence-electron chi connectivity index (χ1n) is 6.04. The number of halogens is 1. The number of benzene rings is 2. The molecular weight excluding hydrogens is 320 g/mol. The second-order valence-corrected chi connectivity index (χ2v) is 5.31. The molecule has 1 amide bonds. The lowest BCUT2D eigenvalue weighted by molar-refractivity contribution is 0.102. The second kappa shape index (κ2) is 5.09. The maximum Gasteiger partial charge on any atom is 0.255 e. The van der Waals surface area contributed by atoms with Crippen molar-refractivity contribution in [2.24, 2.45) is 0 Å². The van der Waals surface area contributed by atoms with Gasteiger partial charge < -0.3 is 9.73 Å². The van der Waals surface area contributed by atoms with Gasteiger partial charge in [-0.05, 0) is 42.8 Å². The minimum absolute atomic E-state index is 0.175. The van der Waals surface area contributed by atoms with E-state index in [1.807, 2.05) is 25.1 Å². The molecule has 0 bridgehead atoms. The van der Waals surface area contributed by atoms with Crippen LogP contribution in [-0.4, -0.2) is 10.9 Å². The number of oxazole rings is 1. The van der Waals surface area contributed by atoms with E-state index in [0.29, 0.717) is 16.7 Å². The Labute approximate surface area is 123 Å². The molecule has 0 unspecified atom stereocenters. The lowest BCUT2D eigenvalue weighted by Crippen LogP contribution is -2.11. The van der Waals surface area contributed by atoms with Crippen LogP contribution >= 0.6 is 15.9 Å². The third-order valence-electron chi connectivity index (χ3n) is 3.02. The molecule has 0 aliphatic heterocycles. The molecule has 3 rings (SSSR count). The third-order valence-corrected chi connectivity index (χ3v) is 3.88. The van der Waals surface area contributed by atoms with Crippen molar-refractivity contribution < 1.29 is 9.21 Å². The van der Waals surface area contributed by atoms with Crippen molar-refractivity contribution in [3.8, 4) is 0 Å². The maximum atomic E-state index is 12.2. The number of aryl methyl sites for hydroxylation is 1. The molecule has 20 heavy (non-hydrogen) atoms. The van der Waals surface area contributed by atoms with E-state index >= 15 is 0 Å². The summed E-state index contributed by atoms with van der Waals surface area (Å²) >= 11 is 3.45. The molecule has 2 aromatic carbocycles. The van der Waals surface area contributed by atoms with Crippen molar-refractivity contribution in [2.45, 2.75) is 6.92 Å². The largest absolute Gasteiger partial charge is 0.443 e. The number of hydrogen-bond acceptors (Lipinski definition) is 3. The van der Waals surface area contributed by atoms with Crippen molar-refractivity contribution >= 4 is 38.6 Å². The number of anilines is 1. The summed E-state index contributed by atoms with van der Waals surface area (Å²) in [4.78, 5) is 16.2. The second-order valence-electron chi connectivity index (χ2n) is 4.45. The first kappa shape index (κ1) is 12.9. The molecule has 100 valence electrons. The number of nitrogens with one attached hydrogen (secondary N) is 1. The van der Waals surface area contributed by atoms with Gasteiger partial charge in [-0.2, -0.15) is 0 Å². The Balaban J connectivity index is 1.86. The van der Waals surface area contributed by atoms with Crippen molar-refractivity contribution in [3.05, 3.63) is 58.4 Å². The van der Waals surface area contributed by atoms with E-state index in [2.05, 4.69) is 26.2 Å². The zero-order valence-electron chi connectivity index (χ0n) is 10.7. The van der Waals surface area contributed by atoms with Crippen LogP contribution in [0, 0.1) is 6.92 Å². The Hall–Kier alpha value is -2.14. The lowest BCUT2D eigenvalue weighted by atomic mass is 10.2. The number of amides is 1. The molecule has 1 N–H and O–H groups in total. The molecule has 1 aromatic heterocycles. The summed E-state index contributed by atoms with van der Waals surface area (Å²) in [6.45, 7) is 1.99. The van der Waals surface area contributed by atoms with Crippen LogP contribution in [0.15, 0.2) is 51.7 Å². The number of fused-ring (bicyclic) bond motifs is 1. The number of hydrogen-bond donors (Lipinski definition) is 1. The SMILES string of the molecule is Cc1ccc(NC(=O)c2ccc3ocnc3c2)cc1Br. The van der Waals surface area contributed by atoms with E-state index < -0.39 is 0 Å². The van der Waals surface area contributed by atoms with Gasteiger partial charge in [-0.25, -0.2) is 4.98 Å². The van der Waals surface area contributed by atoms with Crippen LogP contribution in [0.1, 0.15) is 15.9 Å². The Bertz CT molecular complexity index is 795. The van der Waals surface area contributed by atoms with Gasteiger partial charge in [0.05, 0.1) is 0 Å². The fourth-order valence-corrected chi connectivity index (χ4v) is 2.25. The average molecular weight is 331 g/mol. The van der Waals surface area contributed by atoms with Crippen molar-refractivity contribution in [3.63, 3.8) is 0 Å². The molecular formula is C15H11BrN2O2. The van der Waals surface area contributed by atoms with Gasteiger partial charge >= 0.3 is 0 Å². The monoisotopic (exact) mass is 330 g/mol. The van der Waals surface area contributed by atoms with E-state index in [0.717, 1.165) is 15.7 Å². The zero-order chi connectivity index (χ0) is 14.1. The highest BCUT2D eigenvalue weighted by molar-refractivity contribution is 9.10. The standard InChI is InChI=1S/C15H11BrN2O2/c1-9-2-4-11(7-12(9)16)18-15(19)10-3-5-14-13(6-10)17-8-20-14/h2-8H,1H3,(H,18,19). The lowest BCUT2D eigenvalue weighted by Gasteiger charge is -2.07. The van der Waals surface area contributed by atoms with Gasteiger partial charge in [-0.3, -0.25) is 4.79 Å². The number of nitrogens with zero attached hydrogens (tertiary/aromatic N) is 1. The molecule has 0 saturated heterocycles. The number of carbonyl (C=O) groups is 1. The fraction of sp³-hybridized carbons (Fsp3) is 0.0667. The Morgan fingerprint density at radius 2 is 2.10 bits per heavy atom. The van der Waals surface area contributed by atoms with Crippen LogP contribution in [0.2, 0.25) is 0 Å². The Morgan fingerprint density at radius 1 is 1.25 bits per heavy atom. The van der Waals surface area contributed by atoms with E-state index in [9.17, 15) is 4.79 Å².